The molecule has 0 bridgehead atoms. The summed E-state index contributed by atoms with van der Waals surface area (Å²) in [5.41, 5.74) is 4.88. The first-order valence-electron chi connectivity index (χ1n) is 9.21. The van der Waals surface area contributed by atoms with Crippen LogP contribution in [-0.4, -0.2) is 39.5 Å². The highest BCUT2D eigenvalue weighted by atomic mass is 16.5. The van der Waals surface area contributed by atoms with Gasteiger partial charge in [0.25, 0.3) is 5.89 Å². The van der Waals surface area contributed by atoms with E-state index in [2.05, 4.69) is 30.2 Å². The Morgan fingerprint density at radius 3 is 2.45 bits per heavy atom. The first kappa shape index (κ1) is 18.7. The predicted octanol–water partition coefficient (Wildman–Crippen LogP) is 3.78. The van der Waals surface area contributed by atoms with Gasteiger partial charge in [-0.2, -0.15) is 10.1 Å². The average Bonchev–Trinajstić information content (AvgIpc) is 3.37. The molecule has 29 heavy (non-hydrogen) atoms. The number of aryl methyl sites for hydroxylation is 2. The Morgan fingerprint density at radius 1 is 1.07 bits per heavy atom. The molecular weight excluding hydrogens is 368 g/mol. The van der Waals surface area contributed by atoms with E-state index in [1.54, 1.807) is 13.3 Å². The van der Waals surface area contributed by atoms with Crippen molar-refractivity contribution in [2.45, 2.75) is 20.4 Å². The van der Waals surface area contributed by atoms with Crippen molar-refractivity contribution in [3.63, 3.8) is 0 Å². The molecule has 0 fully saturated rings. The maximum atomic E-state index is 5.42. The Labute approximate surface area is 168 Å². The van der Waals surface area contributed by atoms with E-state index in [-0.39, 0.29) is 0 Å². The van der Waals surface area contributed by atoms with E-state index in [9.17, 15) is 0 Å². The molecule has 0 saturated carbocycles. The number of aromatic amines is 1. The van der Waals surface area contributed by atoms with Crippen LogP contribution >= 0.6 is 0 Å². The fourth-order valence-electron chi connectivity index (χ4n) is 3.06. The standard InChI is InChI=1S/C21H22N6O2/c1-13-18(14(2)25-24-13)12-27(3)19-10-7-16(11-22-19)21-23-20(26-29-21)15-5-8-17(28-4)9-6-15/h5-11H,12H2,1-4H3,(H,24,25). The van der Waals surface area contributed by atoms with Crippen molar-refractivity contribution in [2.24, 2.45) is 0 Å². The van der Waals surface area contributed by atoms with Gasteiger partial charge < -0.3 is 14.2 Å². The van der Waals surface area contributed by atoms with E-state index < -0.39 is 0 Å². The number of anilines is 1. The van der Waals surface area contributed by atoms with Crippen molar-refractivity contribution in [1.82, 2.24) is 25.3 Å². The Hall–Kier alpha value is -3.68. The smallest absolute Gasteiger partial charge is 0.259 e. The zero-order chi connectivity index (χ0) is 20.4. The molecule has 0 radical (unpaired) electrons. The number of nitrogens with one attached hydrogen (secondary N) is 1. The molecule has 3 heterocycles. The molecule has 0 aliphatic heterocycles. The van der Waals surface area contributed by atoms with Gasteiger partial charge in [-0.1, -0.05) is 5.16 Å². The molecule has 0 spiro atoms. The van der Waals surface area contributed by atoms with E-state index in [0.29, 0.717) is 11.7 Å². The van der Waals surface area contributed by atoms with E-state index in [4.69, 9.17) is 9.26 Å². The minimum absolute atomic E-state index is 0.430. The quantitative estimate of drug-likeness (QED) is 0.535. The number of benzene rings is 1. The molecule has 148 valence electrons. The second-order valence-electron chi connectivity index (χ2n) is 6.83. The summed E-state index contributed by atoms with van der Waals surface area (Å²) in [6, 6.07) is 11.4. The van der Waals surface area contributed by atoms with E-state index >= 15 is 0 Å². The third-order valence-electron chi connectivity index (χ3n) is 4.84. The van der Waals surface area contributed by atoms with Crippen molar-refractivity contribution >= 4 is 5.82 Å². The van der Waals surface area contributed by atoms with Crippen LogP contribution in [0.1, 0.15) is 17.0 Å². The fourth-order valence-corrected chi connectivity index (χ4v) is 3.06. The second kappa shape index (κ2) is 7.75. The Balaban J connectivity index is 1.50. The van der Waals surface area contributed by atoms with Crippen molar-refractivity contribution < 1.29 is 9.26 Å². The molecule has 0 amide bonds. The molecule has 0 aliphatic carbocycles. The molecule has 1 aromatic carbocycles. The van der Waals surface area contributed by atoms with Crippen molar-refractivity contribution in [3.8, 4) is 28.6 Å². The van der Waals surface area contributed by atoms with E-state index in [1.165, 1.54) is 5.56 Å². The van der Waals surface area contributed by atoms with Gasteiger partial charge in [0.1, 0.15) is 11.6 Å². The summed E-state index contributed by atoms with van der Waals surface area (Å²) >= 11 is 0. The Morgan fingerprint density at radius 2 is 1.83 bits per heavy atom. The number of hydrogen-bond acceptors (Lipinski definition) is 7. The van der Waals surface area contributed by atoms with Gasteiger partial charge in [0.15, 0.2) is 0 Å². The van der Waals surface area contributed by atoms with Crippen LogP contribution in [0.5, 0.6) is 5.75 Å². The number of hydrogen-bond donors (Lipinski definition) is 1. The zero-order valence-electron chi connectivity index (χ0n) is 16.8. The van der Waals surface area contributed by atoms with Crippen molar-refractivity contribution in [3.05, 3.63) is 59.5 Å². The van der Waals surface area contributed by atoms with Gasteiger partial charge in [0.05, 0.1) is 18.4 Å². The lowest BCUT2D eigenvalue weighted by molar-refractivity contribution is 0.415. The summed E-state index contributed by atoms with van der Waals surface area (Å²) in [6.45, 7) is 4.75. The number of methoxy groups -OCH3 is 1. The third-order valence-corrected chi connectivity index (χ3v) is 4.84. The number of H-pyrrole nitrogens is 1. The van der Waals surface area contributed by atoms with Crippen LogP contribution < -0.4 is 9.64 Å². The van der Waals surface area contributed by atoms with Gasteiger partial charge in [-0.05, 0) is 50.2 Å². The fraction of sp³-hybridized carbons (Fsp3) is 0.238. The number of ether oxygens (including phenoxy) is 1. The SMILES string of the molecule is COc1ccc(-c2noc(-c3ccc(N(C)Cc4c(C)n[nH]c4C)nc3)n2)cc1. The summed E-state index contributed by atoms with van der Waals surface area (Å²) in [5.74, 6) is 2.58. The highest BCUT2D eigenvalue weighted by Gasteiger charge is 2.14. The monoisotopic (exact) mass is 390 g/mol. The highest BCUT2D eigenvalue weighted by Crippen LogP contribution is 2.25. The van der Waals surface area contributed by atoms with E-state index in [0.717, 1.165) is 40.6 Å². The third kappa shape index (κ3) is 3.82. The summed E-state index contributed by atoms with van der Waals surface area (Å²) in [5, 5.41) is 11.3. The Bertz CT molecular complexity index is 1080. The van der Waals surface area contributed by atoms with Crippen LogP contribution in [0.25, 0.3) is 22.8 Å². The minimum atomic E-state index is 0.430. The molecule has 4 rings (SSSR count). The van der Waals surface area contributed by atoms with Crippen LogP contribution in [0.15, 0.2) is 47.1 Å². The number of pyridine rings is 1. The molecule has 8 nitrogen and oxygen atoms in total. The first-order chi connectivity index (χ1) is 14.0. The largest absolute Gasteiger partial charge is 0.497 e. The van der Waals surface area contributed by atoms with Gasteiger partial charge in [-0.3, -0.25) is 5.10 Å². The topological polar surface area (TPSA) is 93.0 Å². The predicted molar refractivity (Wildman–Crippen MR) is 110 cm³/mol. The summed E-state index contributed by atoms with van der Waals surface area (Å²) in [7, 11) is 3.63. The Kier molecular flexibility index (Phi) is 4.99. The van der Waals surface area contributed by atoms with Gasteiger partial charge >= 0.3 is 0 Å². The average molecular weight is 390 g/mol. The van der Waals surface area contributed by atoms with Gasteiger partial charge in [-0.25, -0.2) is 4.98 Å². The molecule has 0 aliphatic rings. The number of aromatic nitrogens is 5. The maximum Gasteiger partial charge on any atom is 0.259 e. The van der Waals surface area contributed by atoms with Crippen molar-refractivity contribution in [2.75, 3.05) is 19.1 Å². The van der Waals surface area contributed by atoms with Crippen LogP contribution in [0.3, 0.4) is 0 Å². The lowest BCUT2D eigenvalue weighted by Crippen LogP contribution is -2.18. The van der Waals surface area contributed by atoms with Crippen LogP contribution in [0.2, 0.25) is 0 Å². The van der Waals surface area contributed by atoms with Gasteiger partial charge in [-0.15, -0.1) is 0 Å². The zero-order valence-corrected chi connectivity index (χ0v) is 16.8. The van der Waals surface area contributed by atoms with Gasteiger partial charge in [0.2, 0.25) is 5.82 Å². The summed E-state index contributed by atoms with van der Waals surface area (Å²) < 4.78 is 10.6. The minimum Gasteiger partial charge on any atom is -0.497 e. The summed E-state index contributed by atoms with van der Waals surface area (Å²) in [4.78, 5) is 11.1. The first-order valence-corrected chi connectivity index (χ1v) is 9.21. The number of nitrogens with zero attached hydrogens (tertiary/aromatic N) is 5. The molecule has 4 aromatic rings. The van der Waals surface area contributed by atoms with Crippen LogP contribution in [-0.2, 0) is 6.54 Å². The molecule has 0 atom stereocenters. The maximum absolute atomic E-state index is 5.42. The highest BCUT2D eigenvalue weighted by molar-refractivity contribution is 5.61. The lowest BCUT2D eigenvalue weighted by Gasteiger charge is -2.18. The molecule has 3 aromatic heterocycles. The summed E-state index contributed by atoms with van der Waals surface area (Å²) in [6.07, 6.45) is 1.74. The second-order valence-corrected chi connectivity index (χ2v) is 6.83. The van der Waals surface area contributed by atoms with Crippen molar-refractivity contribution in [1.29, 1.82) is 0 Å². The molecule has 1 N–H and O–H groups in total. The van der Waals surface area contributed by atoms with Gasteiger partial charge in [0, 0.05) is 36.6 Å². The van der Waals surface area contributed by atoms with Crippen LogP contribution in [0, 0.1) is 13.8 Å². The lowest BCUT2D eigenvalue weighted by atomic mass is 10.2. The normalized spacial score (nSPS) is 10.9. The van der Waals surface area contributed by atoms with Crippen LogP contribution in [0.4, 0.5) is 5.82 Å². The molecule has 0 unspecified atom stereocenters. The number of rotatable bonds is 6. The molecular formula is C21H22N6O2. The molecule has 8 heteroatoms. The molecule has 0 saturated heterocycles. The van der Waals surface area contributed by atoms with E-state index in [1.807, 2.05) is 57.3 Å².